The van der Waals surface area contributed by atoms with E-state index < -0.39 is 0 Å². The maximum Gasteiger partial charge on any atom is 0.253 e. The summed E-state index contributed by atoms with van der Waals surface area (Å²) in [5.74, 6) is 2.80. The largest absolute Gasteiger partial charge is 0.355 e. The van der Waals surface area contributed by atoms with Crippen LogP contribution >= 0.6 is 0 Å². The van der Waals surface area contributed by atoms with Crippen LogP contribution in [0.3, 0.4) is 0 Å². The second-order valence-electron chi connectivity index (χ2n) is 8.50. The van der Waals surface area contributed by atoms with E-state index >= 15 is 0 Å². The number of anilines is 2. The number of rotatable bonds is 3. The van der Waals surface area contributed by atoms with E-state index in [0.29, 0.717) is 13.1 Å². The van der Waals surface area contributed by atoms with E-state index in [-0.39, 0.29) is 5.91 Å². The van der Waals surface area contributed by atoms with Gasteiger partial charge in [0.05, 0.1) is 0 Å². The Morgan fingerprint density at radius 2 is 1.41 bits per heavy atom. The summed E-state index contributed by atoms with van der Waals surface area (Å²) in [6, 6.07) is 10.1. The molecule has 0 aliphatic carbocycles. The summed E-state index contributed by atoms with van der Waals surface area (Å²) in [6.45, 7) is 11.5. The van der Waals surface area contributed by atoms with Crippen molar-refractivity contribution in [3.8, 4) is 0 Å². The van der Waals surface area contributed by atoms with Crippen LogP contribution in [0.2, 0.25) is 0 Å². The molecule has 0 unspecified atom stereocenters. The second-order valence-corrected chi connectivity index (χ2v) is 8.50. The minimum Gasteiger partial charge on any atom is -0.355 e. The summed E-state index contributed by atoms with van der Waals surface area (Å²) in [5, 5.41) is 8.95. The van der Waals surface area contributed by atoms with Gasteiger partial charge >= 0.3 is 0 Å². The number of hydrogen-bond donors (Lipinski definition) is 0. The molecule has 0 atom stereocenters. The Labute approximate surface area is 173 Å². The molecule has 2 aliphatic heterocycles. The number of hydrogen-bond acceptors (Lipinski definition) is 5. The predicted octanol–water partition coefficient (Wildman–Crippen LogP) is 3.29. The first-order valence-corrected chi connectivity index (χ1v) is 10.7. The van der Waals surface area contributed by atoms with Gasteiger partial charge in [0.1, 0.15) is 0 Å². The van der Waals surface area contributed by atoms with Crippen molar-refractivity contribution in [1.29, 1.82) is 0 Å². The third kappa shape index (κ3) is 4.36. The number of nitrogens with zero attached hydrogens (tertiary/aromatic N) is 5. The molecular weight excluding hydrogens is 362 g/mol. The minimum absolute atomic E-state index is 0.119. The molecule has 2 saturated heterocycles. The van der Waals surface area contributed by atoms with E-state index in [2.05, 4.69) is 52.9 Å². The Kier molecular flexibility index (Phi) is 5.69. The standard InChI is InChI=1S/C23H31N5O/c1-17-8-10-26(11-9-17)21-6-7-22(25-24-21)27-12-14-28(15-13-27)23(29)20-5-4-18(2)19(3)16-20/h4-7,16-17H,8-15H2,1-3H3. The molecule has 2 aliphatic rings. The Balaban J connectivity index is 1.34. The van der Waals surface area contributed by atoms with Crippen LogP contribution in [0.4, 0.5) is 11.6 Å². The number of carbonyl (C=O) groups excluding carboxylic acids is 1. The lowest BCUT2D eigenvalue weighted by Crippen LogP contribution is -2.49. The van der Waals surface area contributed by atoms with E-state index in [9.17, 15) is 4.79 Å². The highest BCUT2D eigenvalue weighted by Crippen LogP contribution is 2.22. The van der Waals surface area contributed by atoms with Crippen LogP contribution in [0.1, 0.15) is 41.3 Å². The Hall–Kier alpha value is -2.63. The van der Waals surface area contributed by atoms with E-state index in [0.717, 1.165) is 54.9 Å². The zero-order valence-electron chi connectivity index (χ0n) is 17.8. The van der Waals surface area contributed by atoms with Crippen molar-refractivity contribution < 1.29 is 4.79 Å². The number of piperidine rings is 1. The maximum atomic E-state index is 12.8. The van der Waals surface area contributed by atoms with Gasteiger partial charge in [-0.3, -0.25) is 4.79 Å². The Morgan fingerprint density at radius 1 is 0.828 bits per heavy atom. The van der Waals surface area contributed by atoms with Crippen molar-refractivity contribution in [1.82, 2.24) is 15.1 Å². The van der Waals surface area contributed by atoms with Crippen molar-refractivity contribution in [3.05, 3.63) is 47.0 Å². The predicted molar refractivity (Wildman–Crippen MR) is 117 cm³/mol. The van der Waals surface area contributed by atoms with Gasteiger partial charge in [0.25, 0.3) is 5.91 Å². The van der Waals surface area contributed by atoms with Gasteiger partial charge in [-0.25, -0.2) is 0 Å². The average molecular weight is 394 g/mol. The normalized spacial score (nSPS) is 18.2. The molecule has 1 aromatic carbocycles. The maximum absolute atomic E-state index is 12.8. The molecule has 154 valence electrons. The third-order valence-corrected chi connectivity index (χ3v) is 6.39. The molecule has 1 aromatic heterocycles. The van der Waals surface area contributed by atoms with Gasteiger partial charge in [-0.05, 0) is 68.0 Å². The van der Waals surface area contributed by atoms with E-state index in [1.807, 2.05) is 23.1 Å². The lowest BCUT2D eigenvalue weighted by Gasteiger charge is -2.35. The Bertz CT molecular complexity index is 850. The zero-order chi connectivity index (χ0) is 20.4. The highest BCUT2D eigenvalue weighted by molar-refractivity contribution is 5.94. The van der Waals surface area contributed by atoms with Crippen molar-refractivity contribution in [2.45, 2.75) is 33.6 Å². The molecule has 0 N–H and O–H groups in total. The summed E-state index contributed by atoms with van der Waals surface area (Å²) < 4.78 is 0. The SMILES string of the molecule is Cc1ccc(C(=O)N2CCN(c3ccc(N4CCC(C)CC4)nn3)CC2)cc1C. The Morgan fingerprint density at radius 3 is 1.97 bits per heavy atom. The van der Waals surface area contributed by atoms with Crippen LogP contribution in [0.25, 0.3) is 0 Å². The van der Waals surface area contributed by atoms with E-state index in [4.69, 9.17) is 0 Å². The summed E-state index contributed by atoms with van der Waals surface area (Å²) >= 11 is 0. The molecule has 2 aromatic rings. The van der Waals surface area contributed by atoms with Crippen LogP contribution in [0.5, 0.6) is 0 Å². The van der Waals surface area contributed by atoms with Crippen molar-refractivity contribution >= 4 is 17.5 Å². The molecule has 2 fully saturated rings. The summed E-state index contributed by atoms with van der Waals surface area (Å²) in [4.78, 5) is 19.3. The van der Waals surface area contributed by atoms with Gasteiger partial charge in [0.15, 0.2) is 11.6 Å². The van der Waals surface area contributed by atoms with E-state index in [1.165, 1.54) is 18.4 Å². The van der Waals surface area contributed by atoms with Gasteiger partial charge in [0, 0.05) is 44.8 Å². The number of piperazine rings is 1. The van der Waals surface area contributed by atoms with Crippen LogP contribution in [0, 0.1) is 19.8 Å². The molecule has 6 heteroatoms. The topological polar surface area (TPSA) is 52.6 Å². The molecular formula is C23H31N5O. The molecule has 0 spiro atoms. The molecule has 3 heterocycles. The van der Waals surface area contributed by atoms with Crippen molar-refractivity contribution in [3.63, 3.8) is 0 Å². The number of benzene rings is 1. The van der Waals surface area contributed by atoms with Crippen molar-refractivity contribution in [2.24, 2.45) is 5.92 Å². The van der Waals surface area contributed by atoms with Crippen LogP contribution in [0.15, 0.2) is 30.3 Å². The molecule has 1 amide bonds. The fraction of sp³-hybridized carbons (Fsp3) is 0.522. The van der Waals surface area contributed by atoms with Gasteiger partial charge in [-0.2, -0.15) is 0 Å². The quantitative estimate of drug-likeness (QED) is 0.801. The van der Waals surface area contributed by atoms with Gasteiger partial charge in [0.2, 0.25) is 0 Å². The first-order chi connectivity index (χ1) is 14.0. The van der Waals surface area contributed by atoms with E-state index in [1.54, 1.807) is 0 Å². The lowest BCUT2D eigenvalue weighted by atomic mass is 9.99. The lowest BCUT2D eigenvalue weighted by molar-refractivity contribution is 0.0746. The van der Waals surface area contributed by atoms with Gasteiger partial charge in [-0.15, -0.1) is 10.2 Å². The van der Waals surface area contributed by atoms with Crippen molar-refractivity contribution in [2.75, 3.05) is 49.1 Å². The molecule has 4 rings (SSSR count). The first-order valence-electron chi connectivity index (χ1n) is 10.7. The number of aromatic nitrogens is 2. The summed E-state index contributed by atoms with van der Waals surface area (Å²) in [5.41, 5.74) is 3.15. The molecule has 0 saturated carbocycles. The van der Waals surface area contributed by atoms with Gasteiger partial charge in [-0.1, -0.05) is 13.0 Å². The summed E-state index contributed by atoms with van der Waals surface area (Å²) in [6.07, 6.45) is 2.44. The molecule has 6 nitrogen and oxygen atoms in total. The minimum atomic E-state index is 0.119. The average Bonchev–Trinajstić information content (AvgIpc) is 2.76. The highest BCUT2D eigenvalue weighted by atomic mass is 16.2. The first kappa shape index (κ1) is 19.7. The zero-order valence-corrected chi connectivity index (χ0v) is 17.8. The fourth-order valence-electron chi connectivity index (χ4n) is 4.09. The number of aryl methyl sites for hydroxylation is 2. The number of amides is 1. The summed E-state index contributed by atoms with van der Waals surface area (Å²) in [7, 11) is 0. The highest BCUT2D eigenvalue weighted by Gasteiger charge is 2.24. The van der Waals surface area contributed by atoms with Gasteiger partial charge < -0.3 is 14.7 Å². The fourth-order valence-corrected chi connectivity index (χ4v) is 4.09. The monoisotopic (exact) mass is 393 g/mol. The molecule has 0 bridgehead atoms. The van der Waals surface area contributed by atoms with Crippen LogP contribution < -0.4 is 9.80 Å². The molecule has 29 heavy (non-hydrogen) atoms. The number of carbonyl (C=O) groups is 1. The van der Waals surface area contributed by atoms with Crippen LogP contribution in [-0.4, -0.2) is 60.3 Å². The third-order valence-electron chi connectivity index (χ3n) is 6.39. The second kappa shape index (κ2) is 8.39. The smallest absolute Gasteiger partial charge is 0.253 e. The molecule has 0 radical (unpaired) electrons. The van der Waals surface area contributed by atoms with Crippen LogP contribution in [-0.2, 0) is 0 Å².